The fourth-order valence-electron chi connectivity index (χ4n) is 1.83. The summed E-state index contributed by atoms with van der Waals surface area (Å²) in [5.41, 5.74) is 6.15. The summed E-state index contributed by atoms with van der Waals surface area (Å²) in [7, 11) is 0. The lowest BCUT2D eigenvalue weighted by molar-refractivity contribution is 0.0899. The average molecular weight is 240 g/mol. The highest BCUT2D eigenvalue weighted by atomic mass is 32.1. The van der Waals surface area contributed by atoms with E-state index in [-0.39, 0.29) is 11.4 Å². The summed E-state index contributed by atoms with van der Waals surface area (Å²) in [4.78, 5) is 11.9. The Kier molecular flexibility index (Phi) is 4.50. The second-order valence-electron chi connectivity index (χ2n) is 4.83. The summed E-state index contributed by atoms with van der Waals surface area (Å²) in [6.07, 6.45) is 0.888. The zero-order chi connectivity index (χ0) is 12.2. The van der Waals surface area contributed by atoms with Crippen molar-refractivity contribution < 1.29 is 4.79 Å². The van der Waals surface area contributed by atoms with Crippen molar-refractivity contribution in [2.75, 3.05) is 6.54 Å². The Hall–Kier alpha value is -0.870. The maximum absolute atomic E-state index is 11.9. The van der Waals surface area contributed by atoms with E-state index >= 15 is 0 Å². The number of thiophene rings is 1. The van der Waals surface area contributed by atoms with Gasteiger partial charge in [-0.25, -0.2) is 0 Å². The third kappa shape index (κ3) is 3.61. The van der Waals surface area contributed by atoms with E-state index in [1.165, 1.54) is 11.3 Å². The molecule has 0 aromatic carbocycles. The van der Waals surface area contributed by atoms with E-state index in [0.29, 0.717) is 18.0 Å². The molecule has 1 heterocycles. The predicted octanol–water partition coefficient (Wildman–Crippen LogP) is 2.24. The first-order valence-electron chi connectivity index (χ1n) is 5.51. The quantitative estimate of drug-likeness (QED) is 0.829. The van der Waals surface area contributed by atoms with Gasteiger partial charge in [-0.15, -0.1) is 0 Å². The molecular weight excluding hydrogens is 220 g/mol. The number of hydrogen-bond acceptors (Lipinski definition) is 3. The van der Waals surface area contributed by atoms with Crippen molar-refractivity contribution >= 4 is 17.2 Å². The Balaban J connectivity index is 2.66. The van der Waals surface area contributed by atoms with Gasteiger partial charge >= 0.3 is 0 Å². The van der Waals surface area contributed by atoms with E-state index < -0.39 is 0 Å². The Bertz CT molecular complexity index is 335. The van der Waals surface area contributed by atoms with Crippen molar-refractivity contribution in [2.45, 2.75) is 32.7 Å². The maximum atomic E-state index is 11.9. The van der Waals surface area contributed by atoms with Crippen LogP contribution in [0.3, 0.4) is 0 Å². The van der Waals surface area contributed by atoms with Gasteiger partial charge in [-0.1, -0.05) is 13.8 Å². The lowest BCUT2D eigenvalue weighted by Crippen LogP contribution is -2.52. The number of nitrogens with two attached hydrogens (primary N) is 1. The van der Waals surface area contributed by atoms with Crippen LogP contribution >= 0.6 is 11.3 Å². The van der Waals surface area contributed by atoms with Crippen molar-refractivity contribution in [3.05, 3.63) is 22.4 Å². The normalized spacial score (nSPS) is 14.8. The highest BCUT2D eigenvalue weighted by Crippen LogP contribution is 2.16. The van der Waals surface area contributed by atoms with Crippen LogP contribution in [0.2, 0.25) is 0 Å². The van der Waals surface area contributed by atoms with Crippen molar-refractivity contribution in [2.24, 2.45) is 11.7 Å². The van der Waals surface area contributed by atoms with Crippen molar-refractivity contribution in [3.8, 4) is 0 Å². The molecule has 0 aliphatic rings. The standard InChI is InChI=1S/C12H20N2OS/c1-9(2)6-12(3,8-13)14-11(15)10-4-5-16-7-10/h4-5,7,9H,6,8,13H2,1-3H3,(H,14,15). The van der Waals surface area contributed by atoms with E-state index in [1.54, 1.807) is 0 Å². The number of amides is 1. The van der Waals surface area contributed by atoms with E-state index in [1.807, 2.05) is 23.8 Å². The van der Waals surface area contributed by atoms with E-state index in [4.69, 9.17) is 5.73 Å². The SMILES string of the molecule is CC(C)CC(C)(CN)NC(=O)c1ccsc1. The molecule has 1 rings (SSSR count). The van der Waals surface area contributed by atoms with Gasteiger partial charge < -0.3 is 11.1 Å². The molecule has 0 bridgehead atoms. The van der Waals surface area contributed by atoms with Crippen LogP contribution in [0.5, 0.6) is 0 Å². The smallest absolute Gasteiger partial charge is 0.252 e. The van der Waals surface area contributed by atoms with Crippen LogP contribution in [0.15, 0.2) is 16.8 Å². The Morgan fingerprint density at radius 2 is 2.31 bits per heavy atom. The molecule has 1 atom stereocenters. The first kappa shape index (κ1) is 13.2. The molecule has 90 valence electrons. The van der Waals surface area contributed by atoms with Crippen LogP contribution in [0.1, 0.15) is 37.6 Å². The zero-order valence-electron chi connectivity index (χ0n) is 10.1. The molecule has 4 heteroatoms. The van der Waals surface area contributed by atoms with Gasteiger partial charge in [0.15, 0.2) is 0 Å². The number of rotatable bonds is 5. The number of nitrogens with one attached hydrogen (secondary N) is 1. The molecule has 1 aromatic heterocycles. The van der Waals surface area contributed by atoms with Crippen molar-refractivity contribution in [1.29, 1.82) is 0 Å². The van der Waals surface area contributed by atoms with Crippen molar-refractivity contribution in [3.63, 3.8) is 0 Å². The molecule has 1 amide bonds. The van der Waals surface area contributed by atoms with Gasteiger partial charge in [-0.05, 0) is 30.7 Å². The van der Waals surface area contributed by atoms with E-state index in [2.05, 4.69) is 19.2 Å². The summed E-state index contributed by atoms with van der Waals surface area (Å²) in [5.74, 6) is 0.478. The topological polar surface area (TPSA) is 55.1 Å². The molecule has 0 saturated heterocycles. The lowest BCUT2D eigenvalue weighted by atomic mass is 9.90. The summed E-state index contributed by atoms with van der Waals surface area (Å²) in [5, 5.41) is 6.77. The van der Waals surface area contributed by atoms with E-state index in [0.717, 1.165) is 6.42 Å². The molecule has 3 N–H and O–H groups in total. The second-order valence-corrected chi connectivity index (χ2v) is 5.61. The predicted molar refractivity (Wildman–Crippen MR) is 68.7 cm³/mol. The minimum absolute atomic E-state index is 0.0325. The van der Waals surface area contributed by atoms with Crippen LogP contribution in [0.25, 0.3) is 0 Å². The average Bonchev–Trinajstić information content (AvgIpc) is 2.69. The monoisotopic (exact) mass is 240 g/mol. The van der Waals surface area contributed by atoms with Gasteiger partial charge in [0.2, 0.25) is 0 Å². The largest absolute Gasteiger partial charge is 0.346 e. The summed E-state index contributed by atoms with van der Waals surface area (Å²) in [6, 6.07) is 1.83. The van der Waals surface area contributed by atoms with Crippen LogP contribution in [0, 0.1) is 5.92 Å². The van der Waals surface area contributed by atoms with Crippen LogP contribution in [-0.2, 0) is 0 Å². The number of carbonyl (C=O) groups is 1. The second kappa shape index (κ2) is 5.46. The maximum Gasteiger partial charge on any atom is 0.252 e. The van der Waals surface area contributed by atoms with Gasteiger partial charge in [0.1, 0.15) is 0 Å². The first-order valence-corrected chi connectivity index (χ1v) is 6.46. The molecule has 0 aliphatic heterocycles. The summed E-state index contributed by atoms with van der Waals surface area (Å²) >= 11 is 1.52. The van der Waals surface area contributed by atoms with E-state index in [9.17, 15) is 4.79 Å². The fraction of sp³-hybridized carbons (Fsp3) is 0.583. The molecular formula is C12H20N2OS. The van der Waals surface area contributed by atoms with Crippen molar-refractivity contribution in [1.82, 2.24) is 5.32 Å². The third-order valence-electron chi connectivity index (χ3n) is 2.51. The highest BCUT2D eigenvalue weighted by molar-refractivity contribution is 7.08. The van der Waals surface area contributed by atoms with Gasteiger partial charge in [0.05, 0.1) is 5.56 Å². The molecule has 0 saturated carbocycles. The van der Waals surface area contributed by atoms with Crippen LogP contribution < -0.4 is 11.1 Å². The number of carbonyl (C=O) groups excluding carboxylic acids is 1. The molecule has 1 unspecified atom stereocenters. The molecule has 0 aliphatic carbocycles. The third-order valence-corrected chi connectivity index (χ3v) is 3.19. The number of hydrogen-bond donors (Lipinski definition) is 2. The molecule has 1 aromatic rings. The van der Waals surface area contributed by atoms with Gasteiger partial charge in [0, 0.05) is 17.5 Å². The summed E-state index contributed by atoms with van der Waals surface area (Å²) < 4.78 is 0. The lowest BCUT2D eigenvalue weighted by Gasteiger charge is -2.31. The molecule has 0 fully saturated rings. The molecule has 0 radical (unpaired) electrons. The van der Waals surface area contributed by atoms with Gasteiger partial charge in [0.25, 0.3) is 5.91 Å². The van der Waals surface area contributed by atoms with Crippen LogP contribution in [0.4, 0.5) is 0 Å². The van der Waals surface area contributed by atoms with Gasteiger partial charge in [-0.3, -0.25) is 4.79 Å². The Morgan fingerprint density at radius 3 is 2.75 bits per heavy atom. The van der Waals surface area contributed by atoms with Crippen LogP contribution in [-0.4, -0.2) is 18.0 Å². The molecule has 3 nitrogen and oxygen atoms in total. The Morgan fingerprint density at radius 1 is 1.62 bits per heavy atom. The molecule has 16 heavy (non-hydrogen) atoms. The zero-order valence-corrected chi connectivity index (χ0v) is 10.9. The molecule has 0 spiro atoms. The summed E-state index contributed by atoms with van der Waals surface area (Å²) in [6.45, 7) is 6.72. The Labute approximate surface area is 101 Å². The van der Waals surface area contributed by atoms with Gasteiger partial charge in [-0.2, -0.15) is 11.3 Å². The minimum Gasteiger partial charge on any atom is -0.346 e. The fourth-order valence-corrected chi connectivity index (χ4v) is 2.46. The minimum atomic E-state index is -0.312. The first-order chi connectivity index (χ1) is 7.47. The highest BCUT2D eigenvalue weighted by Gasteiger charge is 2.26.